The van der Waals surface area contributed by atoms with Gasteiger partial charge in [0.1, 0.15) is 5.69 Å². The average molecular weight is 309 g/mol. The minimum absolute atomic E-state index is 0.0166. The van der Waals surface area contributed by atoms with Crippen LogP contribution in [0.4, 0.5) is 0 Å². The van der Waals surface area contributed by atoms with E-state index in [9.17, 15) is 9.59 Å². The van der Waals surface area contributed by atoms with Gasteiger partial charge in [-0.1, -0.05) is 0 Å². The SMILES string of the molecule is COCCC(=O)N1CC2CN(C(=O)c3cscn3)CC2C1. The van der Waals surface area contributed by atoms with Crippen molar-refractivity contribution in [3.63, 3.8) is 0 Å². The number of hydrogen-bond donors (Lipinski definition) is 0. The molecule has 0 spiro atoms. The molecule has 2 amide bonds. The summed E-state index contributed by atoms with van der Waals surface area (Å²) in [5.74, 6) is 0.977. The van der Waals surface area contributed by atoms with E-state index in [1.165, 1.54) is 11.3 Å². The number of fused-ring (bicyclic) bond motifs is 1. The van der Waals surface area contributed by atoms with E-state index in [-0.39, 0.29) is 11.8 Å². The first-order chi connectivity index (χ1) is 10.2. The molecule has 2 fully saturated rings. The van der Waals surface area contributed by atoms with Crippen molar-refractivity contribution in [3.05, 3.63) is 16.6 Å². The molecule has 1 aromatic rings. The maximum absolute atomic E-state index is 12.3. The molecule has 0 aromatic carbocycles. The molecule has 114 valence electrons. The summed E-state index contributed by atoms with van der Waals surface area (Å²) in [6, 6.07) is 0. The summed E-state index contributed by atoms with van der Waals surface area (Å²) in [6.07, 6.45) is 0.442. The summed E-state index contributed by atoms with van der Waals surface area (Å²) in [6.45, 7) is 3.45. The van der Waals surface area contributed by atoms with Crippen molar-refractivity contribution in [3.8, 4) is 0 Å². The quantitative estimate of drug-likeness (QED) is 0.822. The van der Waals surface area contributed by atoms with E-state index in [0.717, 1.165) is 26.2 Å². The van der Waals surface area contributed by atoms with Crippen molar-refractivity contribution < 1.29 is 14.3 Å². The number of nitrogens with zero attached hydrogens (tertiary/aromatic N) is 3. The monoisotopic (exact) mass is 309 g/mol. The number of rotatable bonds is 4. The van der Waals surface area contributed by atoms with Crippen LogP contribution in [-0.2, 0) is 9.53 Å². The molecule has 21 heavy (non-hydrogen) atoms. The van der Waals surface area contributed by atoms with Crippen LogP contribution in [0.1, 0.15) is 16.9 Å². The molecule has 3 rings (SSSR count). The first-order valence-electron chi connectivity index (χ1n) is 7.13. The first-order valence-corrected chi connectivity index (χ1v) is 8.07. The summed E-state index contributed by atoms with van der Waals surface area (Å²) in [7, 11) is 1.61. The lowest BCUT2D eigenvalue weighted by molar-refractivity contribution is -0.131. The van der Waals surface area contributed by atoms with Gasteiger partial charge in [0, 0.05) is 50.5 Å². The number of carbonyl (C=O) groups excluding carboxylic acids is 2. The number of ether oxygens (including phenoxy) is 1. The van der Waals surface area contributed by atoms with Gasteiger partial charge in [0.2, 0.25) is 5.91 Å². The van der Waals surface area contributed by atoms with Gasteiger partial charge < -0.3 is 14.5 Å². The van der Waals surface area contributed by atoms with Crippen molar-refractivity contribution in [1.29, 1.82) is 0 Å². The molecule has 0 radical (unpaired) electrons. The molecule has 6 nitrogen and oxygen atoms in total. The van der Waals surface area contributed by atoms with Gasteiger partial charge in [-0.2, -0.15) is 0 Å². The molecule has 0 bridgehead atoms. The maximum atomic E-state index is 12.3. The highest BCUT2D eigenvalue weighted by molar-refractivity contribution is 7.07. The van der Waals surface area contributed by atoms with E-state index in [1.54, 1.807) is 18.0 Å². The predicted octanol–water partition coefficient (Wildman–Crippen LogP) is 0.710. The number of thiazole rings is 1. The zero-order chi connectivity index (χ0) is 14.8. The number of amides is 2. The Kier molecular flexibility index (Phi) is 4.21. The summed E-state index contributed by atoms with van der Waals surface area (Å²) in [5, 5.41) is 1.79. The molecule has 0 N–H and O–H groups in total. The normalized spacial score (nSPS) is 24.4. The van der Waals surface area contributed by atoms with E-state index in [0.29, 0.717) is 30.6 Å². The smallest absolute Gasteiger partial charge is 0.273 e. The molecule has 2 saturated heterocycles. The van der Waals surface area contributed by atoms with E-state index in [1.807, 2.05) is 9.80 Å². The van der Waals surface area contributed by atoms with E-state index < -0.39 is 0 Å². The van der Waals surface area contributed by atoms with Gasteiger partial charge in [0.25, 0.3) is 5.91 Å². The largest absolute Gasteiger partial charge is 0.384 e. The standard InChI is InChI=1S/C14H19N3O3S/c1-20-3-2-13(18)16-4-10-6-17(7-11(10)5-16)14(19)12-8-21-9-15-12/h8-11H,2-7H2,1H3. The maximum Gasteiger partial charge on any atom is 0.273 e. The first kappa shape index (κ1) is 14.5. The fourth-order valence-electron chi connectivity index (χ4n) is 3.19. The third kappa shape index (κ3) is 2.94. The minimum Gasteiger partial charge on any atom is -0.384 e. The molecular weight excluding hydrogens is 290 g/mol. The van der Waals surface area contributed by atoms with Gasteiger partial charge in [0.15, 0.2) is 0 Å². The second-order valence-corrected chi connectivity index (χ2v) is 6.36. The van der Waals surface area contributed by atoms with Crippen molar-refractivity contribution >= 4 is 23.2 Å². The Morgan fingerprint density at radius 2 is 1.95 bits per heavy atom. The van der Waals surface area contributed by atoms with E-state index >= 15 is 0 Å². The second-order valence-electron chi connectivity index (χ2n) is 5.65. The molecule has 1 aromatic heterocycles. The Labute approximate surface area is 127 Å². The van der Waals surface area contributed by atoms with Crippen LogP contribution < -0.4 is 0 Å². The Hall–Kier alpha value is -1.47. The molecule has 2 atom stereocenters. The molecular formula is C14H19N3O3S. The van der Waals surface area contributed by atoms with Crippen LogP contribution in [-0.4, -0.2) is 66.5 Å². The van der Waals surface area contributed by atoms with Gasteiger partial charge in [-0.3, -0.25) is 9.59 Å². The molecule has 0 saturated carbocycles. The summed E-state index contributed by atoms with van der Waals surface area (Å²) in [5.41, 5.74) is 2.22. The second kappa shape index (κ2) is 6.11. The van der Waals surface area contributed by atoms with Crippen LogP contribution in [0, 0.1) is 11.8 Å². The van der Waals surface area contributed by atoms with Gasteiger partial charge in [0.05, 0.1) is 18.5 Å². The zero-order valence-electron chi connectivity index (χ0n) is 12.0. The number of aromatic nitrogens is 1. The lowest BCUT2D eigenvalue weighted by atomic mass is 10.0. The lowest BCUT2D eigenvalue weighted by Crippen LogP contribution is -2.36. The number of methoxy groups -OCH3 is 1. The highest BCUT2D eigenvalue weighted by atomic mass is 32.1. The van der Waals surface area contributed by atoms with Crippen LogP contribution >= 0.6 is 11.3 Å². The van der Waals surface area contributed by atoms with E-state index in [4.69, 9.17) is 4.74 Å². The third-order valence-corrected chi connectivity index (χ3v) is 4.88. The topological polar surface area (TPSA) is 62.7 Å². The summed E-state index contributed by atoms with van der Waals surface area (Å²) < 4.78 is 4.95. The summed E-state index contributed by atoms with van der Waals surface area (Å²) in [4.78, 5) is 32.1. The van der Waals surface area contributed by atoms with Crippen LogP contribution in [0.3, 0.4) is 0 Å². The predicted molar refractivity (Wildman–Crippen MR) is 78.1 cm³/mol. The molecule has 7 heteroatoms. The molecule has 3 heterocycles. The van der Waals surface area contributed by atoms with Gasteiger partial charge in [-0.25, -0.2) is 4.98 Å². The Balaban J connectivity index is 1.54. The highest BCUT2D eigenvalue weighted by Gasteiger charge is 2.43. The lowest BCUT2D eigenvalue weighted by Gasteiger charge is -2.21. The number of hydrogen-bond acceptors (Lipinski definition) is 5. The molecule has 2 aliphatic rings. The molecule has 2 aliphatic heterocycles. The van der Waals surface area contributed by atoms with Crippen molar-refractivity contribution in [2.75, 3.05) is 39.9 Å². The molecule has 0 aliphatic carbocycles. The number of carbonyl (C=O) groups is 2. The van der Waals surface area contributed by atoms with Crippen molar-refractivity contribution in [2.24, 2.45) is 11.8 Å². The fraction of sp³-hybridized carbons (Fsp3) is 0.643. The van der Waals surface area contributed by atoms with E-state index in [2.05, 4.69) is 4.98 Å². The van der Waals surface area contributed by atoms with Gasteiger partial charge >= 0.3 is 0 Å². The van der Waals surface area contributed by atoms with Gasteiger partial charge in [-0.15, -0.1) is 11.3 Å². The highest BCUT2D eigenvalue weighted by Crippen LogP contribution is 2.32. The zero-order valence-corrected chi connectivity index (χ0v) is 12.8. The molecule has 2 unspecified atom stereocenters. The van der Waals surface area contributed by atoms with Crippen LogP contribution in [0.5, 0.6) is 0 Å². The van der Waals surface area contributed by atoms with Crippen LogP contribution in [0.25, 0.3) is 0 Å². The Morgan fingerprint density at radius 1 is 1.29 bits per heavy atom. The minimum atomic E-state index is 0.0166. The average Bonchev–Trinajstić information content (AvgIpc) is 3.17. The van der Waals surface area contributed by atoms with Crippen molar-refractivity contribution in [1.82, 2.24) is 14.8 Å². The van der Waals surface area contributed by atoms with Crippen LogP contribution in [0.2, 0.25) is 0 Å². The Bertz CT molecular complexity index is 506. The van der Waals surface area contributed by atoms with Gasteiger partial charge in [-0.05, 0) is 0 Å². The number of likely N-dealkylation sites (tertiary alicyclic amines) is 2. The third-order valence-electron chi connectivity index (χ3n) is 4.30. The summed E-state index contributed by atoms with van der Waals surface area (Å²) >= 11 is 1.44. The fourth-order valence-corrected chi connectivity index (χ4v) is 3.72. The van der Waals surface area contributed by atoms with Crippen molar-refractivity contribution in [2.45, 2.75) is 6.42 Å². The van der Waals surface area contributed by atoms with Crippen LogP contribution in [0.15, 0.2) is 10.9 Å². The Morgan fingerprint density at radius 3 is 2.52 bits per heavy atom.